The molecule has 0 radical (unpaired) electrons. The summed E-state index contributed by atoms with van der Waals surface area (Å²) in [4.78, 5) is 11.2. The molecule has 1 rings (SSSR count). The van der Waals surface area contributed by atoms with Gasteiger partial charge in [-0.15, -0.1) is 0 Å². The number of carbonyl (C=O) groups excluding carboxylic acids is 1. The van der Waals surface area contributed by atoms with Crippen molar-refractivity contribution in [3.63, 3.8) is 0 Å². The minimum Gasteiger partial charge on any atom is -0.348 e. The van der Waals surface area contributed by atoms with E-state index >= 15 is 0 Å². The maximum atomic E-state index is 11.2. The van der Waals surface area contributed by atoms with E-state index in [4.69, 9.17) is 4.11 Å². The summed E-state index contributed by atoms with van der Waals surface area (Å²) in [5.41, 5.74) is 0.912. The Morgan fingerprint density at radius 3 is 3.08 bits per heavy atom. The zero-order valence-corrected chi connectivity index (χ0v) is 6.50. The van der Waals surface area contributed by atoms with Crippen molar-refractivity contribution in [3.8, 4) is 0 Å². The van der Waals surface area contributed by atoms with Crippen LogP contribution in [0.4, 0.5) is 0 Å². The number of hydrogen-bond donors (Lipinski definition) is 1. The second-order valence-electron chi connectivity index (χ2n) is 2.29. The summed E-state index contributed by atoms with van der Waals surface area (Å²) in [5.74, 6) is -0.696. The van der Waals surface area contributed by atoms with Crippen LogP contribution in [0, 0.1) is 0 Å². The van der Waals surface area contributed by atoms with Crippen LogP contribution in [0.25, 0.3) is 0 Å². The standard InChI is InChI=1S/C10H11NO/c1-2-10(12)11-8-9-6-4-3-5-7-9/h2-7H,1,8H2,(H,11,12)/i1D2,2D. The van der Waals surface area contributed by atoms with E-state index in [1.165, 1.54) is 0 Å². The van der Waals surface area contributed by atoms with Crippen LogP contribution in [-0.2, 0) is 11.3 Å². The topological polar surface area (TPSA) is 29.1 Å². The molecule has 0 aromatic heterocycles. The molecule has 0 saturated heterocycles. The number of amides is 1. The number of rotatable bonds is 3. The molecule has 62 valence electrons. The van der Waals surface area contributed by atoms with Crippen molar-refractivity contribution in [2.75, 3.05) is 0 Å². The molecule has 0 saturated carbocycles. The van der Waals surface area contributed by atoms with Crippen molar-refractivity contribution < 1.29 is 8.91 Å². The largest absolute Gasteiger partial charge is 0.348 e. The Balaban J connectivity index is 2.52. The number of hydrogen-bond acceptors (Lipinski definition) is 1. The van der Waals surface area contributed by atoms with Gasteiger partial charge in [-0.25, -0.2) is 0 Å². The molecule has 0 aliphatic heterocycles. The van der Waals surface area contributed by atoms with Crippen molar-refractivity contribution >= 4 is 5.91 Å². The highest BCUT2D eigenvalue weighted by molar-refractivity contribution is 5.86. The van der Waals surface area contributed by atoms with Crippen LogP contribution >= 0.6 is 0 Å². The van der Waals surface area contributed by atoms with Gasteiger partial charge in [0.15, 0.2) is 0 Å². The average molecular weight is 164 g/mol. The molecule has 12 heavy (non-hydrogen) atoms. The van der Waals surface area contributed by atoms with E-state index in [2.05, 4.69) is 5.32 Å². The summed E-state index contributed by atoms with van der Waals surface area (Å²) in [5, 5.41) is 2.46. The third-order valence-corrected chi connectivity index (χ3v) is 1.41. The highest BCUT2D eigenvalue weighted by Crippen LogP contribution is 1.96. The molecule has 0 atom stereocenters. The van der Waals surface area contributed by atoms with E-state index in [-0.39, 0.29) is 0 Å². The van der Waals surface area contributed by atoms with Gasteiger partial charge in [0.1, 0.15) is 0 Å². The Hall–Kier alpha value is -1.57. The number of carbonyl (C=O) groups is 1. The van der Waals surface area contributed by atoms with E-state index < -0.39 is 18.5 Å². The zero-order chi connectivity index (χ0) is 11.3. The molecule has 0 fully saturated rings. The van der Waals surface area contributed by atoms with Gasteiger partial charge >= 0.3 is 0 Å². The van der Waals surface area contributed by atoms with Crippen molar-refractivity contribution in [2.45, 2.75) is 6.54 Å². The van der Waals surface area contributed by atoms with Gasteiger partial charge in [0.2, 0.25) is 5.91 Å². The van der Waals surface area contributed by atoms with Crippen LogP contribution < -0.4 is 5.32 Å². The molecular formula is C10H11NO. The van der Waals surface area contributed by atoms with Gasteiger partial charge in [0, 0.05) is 6.54 Å². The fraction of sp³-hybridized carbons (Fsp3) is 0.100. The molecule has 0 heterocycles. The van der Waals surface area contributed by atoms with Crippen LogP contribution in [0.3, 0.4) is 0 Å². The first-order valence-electron chi connectivity index (χ1n) is 5.07. The molecular weight excluding hydrogens is 150 g/mol. The fourth-order valence-corrected chi connectivity index (χ4v) is 0.822. The van der Waals surface area contributed by atoms with Crippen LogP contribution in [-0.4, -0.2) is 5.91 Å². The maximum absolute atomic E-state index is 11.2. The van der Waals surface area contributed by atoms with Gasteiger partial charge in [-0.2, -0.15) is 0 Å². The predicted molar refractivity (Wildman–Crippen MR) is 48.5 cm³/mol. The number of benzene rings is 1. The smallest absolute Gasteiger partial charge is 0.243 e. The molecule has 1 aromatic carbocycles. The molecule has 0 aliphatic rings. The zero-order valence-electron chi connectivity index (χ0n) is 9.50. The van der Waals surface area contributed by atoms with E-state index in [0.29, 0.717) is 6.54 Å². The van der Waals surface area contributed by atoms with Crippen LogP contribution in [0.2, 0.25) is 0 Å². The second-order valence-corrected chi connectivity index (χ2v) is 2.29. The molecule has 1 aromatic rings. The first kappa shape index (κ1) is 5.14. The van der Waals surface area contributed by atoms with E-state index in [1.807, 2.05) is 30.3 Å². The van der Waals surface area contributed by atoms with E-state index in [1.54, 1.807) is 0 Å². The lowest BCUT2D eigenvalue weighted by atomic mass is 10.2. The van der Waals surface area contributed by atoms with Gasteiger partial charge in [0.25, 0.3) is 0 Å². The molecule has 0 unspecified atom stereocenters. The van der Waals surface area contributed by atoms with Gasteiger partial charge < -0.3 is 5.32 Å². The van der Waals surface area contributed by atoms with Crippen molar-refractivity contribution in [1.82, 2.24) is 5.32 Å². The lowest BCUT2D eigenvalue weighted by Crippen LogP contribution is -2.19. The first-order valence-corrected chi connectivity index (χ1v) is 3.57. The highest BCUT2D eigenvalue weighted by atomic mass is 16.1. The van der Waals surface area contributed by atoms with Gasteiger partial charge in [-0.05, 0) is 11.6 Å². The normalized spacial score (nSPS) is 12.2. The first-order chi connectivity index (χ1) is 7.11. The summed E-state index contributed by atoms with van der Waals surface area (Å²) in [6.45, 7) is -0.476. The molecule has 1 N–H and O–H groups in total. The Kier molecular flexibility index (Phi) is 1.86. The summed E-state index contributed by atoms with van der Waals surface area (Å²) in [6.07, 6.45) is 0. The Labute approximate surface area is 76.1 Å². The Morgan fingerprint density at radius 1 is 1.67 bits per heavy atom. The fourth-order valence-electron chi connectivity index (χ4n) is 0.822. The Morgan fingerprint density at radius 2 is 2.42 bits per heavy atom. The number of nitrogens with one attached hydrogen (secondary N) is 1. The minimum absolute atomic E-state index is 0.301. The quantitative estimate of drug-likeness (QED) is 0.674. The molecule has 1 amide bonds. The van der Waals surface area contributed by atoms with Crippen molar-refractivity contribution in [3.05, 3.63) is 48.5 Å². The van der Waals surface area contributed by atoms with Crippen LogP contribution in [0.5, 0.6) is 0 Å². The molecule has 2 nitrogen and oxygen atoms in total. The van der Waals surface area contributed by atoms with Crippen molar-refractivity contribution in [2.24, 2.45) is 0 Å². The Bertz CT molecular complexity index is 372. The lowest BCUT2D eigenvalue weighted by Gasteiger charge is -2.00. The van der Waals surface area contributed by atoms with E-state index in [0.717, 1.165) is 5.56 Å². The molecule has 0 spiro atoms. The summed E-state index contributed by atoms with van der Waals surface area (Å²) < 4.78 is 20.7. The lowest BCUT2D eigenvalue weighted by molar-refractivity contribution is -0.116. The third-order valence-electron chi connectivity index (χ3n) is 1.41. The SMILES string of the molecule is [2H]C([2H])=C([2H])C(=O)NCc1ccccc1. The minimum atomic E-state index is -0.777. The molecule has 2 heteroatoms. The van der Waals surface area contributed by atoms with Gasteiger partial charge in [-0.1, -0.05) is 36.9 Å². The van der Waals surface area contributed by atoms with Crippen molar-refractivity contribution in [1.29, 1.82) is 0 Å². The maximum Gasteiger partial charge on any atom is 0.243 e. The molecule has 0 bridgehead atoms. The highest BCUT2D eigenvalue weighted by Gasteiger charge is 1.93. The van der Waals surface area contributed by atoms with Crippen LogP contribution in [0.15, 0.2) is 42.9 Å². The predicted octanol–water partition coefficient (Wildman–Crippen LogP) is 1.49. The summed E-state index contributed by atoms with van der Waals surface area (Å²) in [7, 11) is 0. The van der Waals surface area contributed by atoms with Gasteiger partial charge in [-0.3, -0.25) is 4.79 Å². The second kappa shape index (κ2) is 4.34. The molecule has 0 aliphatic carbocycles. The summed E-state index contributed by atoms with van der Waals surface area (Å²) >= 11 is 0. The monoisotopic (exact) mass is 164 g/mol. The average Bonchev–Trinajstić information content (AvgIpc) is 2.26. The van der Waals surface area contributed by atoms with E-state index in [9.17, 15) is 4.79 Å². The summed E-state index contributed by atoms with van der Waals surface area (Å²) in [6, 6.07) is 8.63. The van der Waals surface area contributed by atoms with Gasteiger partial charge in [0.05, 0.1) is 4.11 Å². The third kappa shape index (κ3) is 2.58. The van der Waals surface area contributed by atoms with Crippen LogP contribution in [0.1, 0.15) is 9.68 Å².